The summed E-state index contributed by atoms with van der Waals surface area (Å²) in [5, 5.41) is 0. The quantitative estimate of drug-likeness (QED) is 0.162. The van der Waals surface area contributed by atoms with Crippen LogP contribution in [0.5, 0.6) is 0 Å². The zero-order chi connectivity index (χ0) is 42.0. The average molecular weight is 816 g/mol. The first-order chi connectivity index (χ1) is 30.9. The highest BCUT2D eigenvalue weighted by Gasteiger charge is 2.62. The van der Waals surface area contributed by atoms with Crippen molar-refractivity contribution >= 4 is 17.1 Å². The lowest BCUT2D eigenvalue weighted by molar-refractivity contribution is -0.0397. The Morgan fingerprint density at radius 1 is 0.413 bits per heavy atom. The highest BCUT2D eigenvalue weighted by molar-refractivity contribution is 5.92. The van der Waals surface area contributed by atoms with Crippen molar-refractivity contribution in [3.8, 4) is 55.6 Å². The molecule has 4 fully saturated rings. The molecular formula is C61H50FN. The molecule has 0 radical (unpaired) electrons. The molecule has 6 aliphatic carbocycles. The van der Waals surface area contributed by atoms with Crippen LogP contribution in [0.15, 0.2) is 182 Å². The fourth-order valence-electron chi connectivity index (χ4n) is 13.8. The van der Waals surface area contributed by atoms with E-state index in [0.29, 0.717) is 11.8 Å². The lowest BCUT2D eigenvalue weighted by atomic mass is 9.42. The molecular weight excluding hydrogens is 766 g/mol. The van der Waals surface area contributed by atoms with Gasteiger partial charge in [-0.3, -0.25) is 0 Å². The Bertz CT molecular complexity index is 2980. The minimum atomic E-state index is -0.261. The number of nitrogens with zero attached hydrogens (tertiary/aromatic N) is 1. The van der Waals surface area contributed by atoms with E-state index in [9.17, 15) is 0 Å². The van der Waals surface area contributed by atoms with Gasteiger partial charge in [-0.1, -0.05) is 147 Å². The Morgan fingerprint density at radius 2 is 0.889 bits per heavy atom. The summed E-state index contributed by atoms with van der Waals surface area (Å²) in [6.07, 6.45) is 6.50. The molecule has 4 saturated carbocycles. The SMILES string of the molecule is CC1(C)c2cc(-c3ccc(F)c4c3C3(c5ccccc5-4)C4CC5CC(C4)CC3C5)ccc2-c2ccc(N(c3ccc(-c4ccccc4)cc3)c3ccc(-c4ccccc4)cc3)cc21. The van der Waals surface area contributed by atoms with Gasteiger partial charge in [0.25, 0.3) is 0 Å². The van der Waals surface area contributed by atoms with E-state index >= 15 is 4.39 Å². The largest absolute Gasteiger partial charge is 0.310 e. The first-order valence-corrected chi connectivity index (χ1v) is 23.2. The van der Waals surface area contributed by atoms with Crippen molar-refractivity contribution in [1.82, 2.24) is 0 Å². The molecule has 0 heterocycles. The summed E-state index contributed by atoms with van der Waals surface area (Å²) in [6, 6.07) is 66.2. The summed E-state index contributed by atoms with van der Waals surface area (Å²) in [5.41, 5.74) is 20.2. The maximum Gasteiger partial charge on any atom is 0.131 e. The fraction of sp³-hybridized carbons (Fsp3) is 0.213. The molecule has 1 spiro atoms. The first-order valence-electron chi connectivity index (χ1n) is 23.2. The highest BCUT2D eigenvalue weighted by atomic mass is 19.1. The third-order valence-corrected chi connectivity index (χ3v) is 16.3. The van der Waals surface area contributed by atoms with Gasteiger partial charge in [-0.25, -0.2) is 4.39 Å². The average Bonchev–Trinajstić information content (AvgIpc) is 3.75. The van der Waals surface area contributed by atoms with Crippen LogP contribution in [0.25, 0.3) is 55.6 Å². The molecule has 8 aromatic rings. The second-order valence-corrected chi connectivity index (χ2v) is 19.8. The molecule has 1 nitrogen and oxygen atoms in total. The van der Waals surface area contributed by atoms with Crippen molar-refractivity contribution < 1.29 is 4.39 Å². The maximum absolute atomic E-state index is 16.5. The predicted octanol–water partition coefficient (Wildman–Crippen LogP) is 16.3. The number of rotatable bonds is 6. The van der Waals surface area contributed by atoms with Crippen LogP contribution in [0, 0.1) is 29.5 Å². The molecule has 6 aliphatic rings. The van der Waals surface area contributed by atoms with Crippen molar-refractivity contribution in [3.05, 3.63) is 210 Å². The van der Waals surface area contributed by atoms with Crippen LogP contribution in [0.1, 0.15) is 68.2 Å². The van der Waals surface area contributed by atoms with E-state index in [0.717, 1.165) is 40.0 Å². The number of benzene rings is 8. The molecule has 0 unspecified atom stereocenters. The molecule has 306 valence electrons. The van der Waals surface area contributed by atoms with Crippen LogP contribution in [-0.2, 0) is 10.8 Å². The normalized spacial score (nSPS) is 22.7. The van der Waals surface area contributed by atoms with Crippen LogP contribution in [0.4, 0.5) is 21.5 Å². The van der Waals surface area contributed by atoms with Crippen molar-refractivity contribution in [1.29, 1.82) is 0 Å². The third-order valence-electron chi connectivity index (χ3n) is 16.3. The zero-order valence-electron chi connectivity index (χ0n) is 36.0. The number of halogens is 1. The monoisotopic (exact) mass is 815 g/mol. The summed E-state index contributed by atoms with van der Waals surface area (Å²) >= 11 is 0. The van der Waals surface area contributed by atoms with Crippen LogP contribution in [-0.4, -0.2) is 0 Å². The zero-order valence-corrected chi connectivity index (χ0v) is 36.0. The van der Waals surface area contributed by atoms with Gasteiger partial charge in [0.05, 0.1) is 0 Å². The van der Waals surface area contributed by atoms with Gasteiger partial charge in [0, 0.05) is 33.5 Å². The highest BCUT2D eigenvalue weighted by Crippen LogP contribution is 2.71. The Morgan fingerprint density at radius 3 is 1.49 bits per heavy atom. The molecule has 2 heteroatoms. The summed E-state index contributed by atoms with van der Waals surface area (Å²) in [5.74, 6) is 2.72. The van der Waals surface area contributed by atoms with E-state index in [4.69, 9.17) is 0 Å². The van der Waals surface area contributed by atoms with Crippen LogP contribution >= 0.6 is 0 Å². The number of fused-ring (bicyclic) bond motifs is 6. The Balaban J connectivity index is 0.917. The Kier molecular flexibility index (Phi) is 8.09. The van der Waals surface area contributed by atoms with Gasteiger partial charge < -0.3 is 4.90 Å². The van der Waals surface area contributed by atoms with E-state index < -0.39 is 0 Å². The summed E-state index contributed by atoms with van der Waals surface area (Å²) < 4.78 is 16.5. The van der Waals surface area contributed by atoms with E-state index in [-0.39, 0.29) is 16.6 Å². The maximum atomic E-state index is 16.5. The van der Waals surface area contributed by atoms with Gasteiger partial charge in [0.2, 0.25) is 0 Å². The standard InChI is InChI=1S/C61H50FN/c1-60(2)55-36-44(50-29-30-57(62)58-53-15-9-10-16-54(53)61(59(50)58)45-32-38-31-39(34-45)35-46(61)33-38)21-27-51(55)52-28-26-49(37-56(52)60)63(47-22-17-42(18-23-47)40-11-5-3-6-12-40)48-24-19-43(20-25-48)41-13-7-4-8-14-41/h3-30,36-39,45-46H,31-35H2,1-2H3. The minimum absolute atomic E-state index is 0.0673. The molecule has 0 aromatic heterocycles. The minimum Gasteiger partial charge on any atom is -0.310 e. The van der Waals surface area contributed by atoms with E-state index in [1.807, 2.05) is 0 Å². The van der Waals surface area contributed by atoms with E-state index in [1.54, 1.807) is 6.07 Å². The smallest absolute Gasteiger partial charge is 0.131 e. The van der Waals surface area contributed by atoms with Gasteiger partial charge in [-0.15, -0.1) is 0 Å². The van der Waals surface area contributed by atoms with Gasteiger partial charge in [0.1, 0.15) is 5.82 Å². The Labute approximate surface area is 370 Å². The van der Waals surface area contributed by atoms with Crippen molar-refractivity contribution in [2.45, 2.75) is 56.8 Å². The van der Waals surface area contributed by atoms with Gasteiger partial charge >= 0.3 is 0 Å². The molecule has 63 heavy (non-hydrogen) atoms. The number of anilines is 3. The molecule has 8 aromatic carbocycles. The van der Waals surface area contributed by atoms with E-state index in [2.05, 4.69) is 195 Å². The summed E-state index contributed by atoms with van der Waals surface area (Å²) in [6.45, 7) is 4.78. The van der Waals surface area contributed by atoms with Crippen molar-refractivity contribution in [2.24, 2.45) is 23.7 Å². The van der Waals surface area contributed by atoms with Crippen molar-refractivity contribution in [2.75, 3.05) is 4.90 Å². The van der Waals surface area contributed by atoms with Crippen molar-refractivity contribution in [3.63, 3.8) is 0 Å². The van der Waals surface area contributed by atoms with Gasteiger partial charge in [-0.05, 0) is 177 Å². The molecule has 0 atom stereocenters. The topological polar surface area (TPSA) is 3.24 Å². The fourth-order valence-corrected chi connectivity index (χ4v) is 13.8. The molecule has 0 aliphatic heterocycles. The van der Waals surface area contributed by atoms with Crippen LogP contribution in [0.2, 0.25) is 0 Å². The summed E-state index contributed by atoms with van der Waals surface area (Å²) in [4.78, 5) is 2.40. The molecule has 0 amide bonds. The van der Waals surface area contributed by atoms with E-state index in [1.165, 1.54) is 98.9 Å². The number of hydrogen-bond donors (Lipinski definition) is 0. The number of hydrogen-bond acceptors (Lipinski definition) is 1. The molecule has 0 saturated heterocycles. The third kappa shape index (κ3) is 5.40. The first kappa shape index (κ1) is 37.1. The van der Waals surface area contributed by atoms with Crippen LogP contribution in [0.3, 0.4) is 0 Å². The molecule has 4 bridgehead atoms. The summed E-state index contributed by atoms with van der Waals surface area (Å²) in [7, 11) is 0. The molecule has 0 N–H and O–H groups in total. The lowest BCUT2D eigenvalue weighted by Crippen LogP contribution is -2.55. The van der Waals surface area contributed by atoms with Gasteiger partial charge in [0.15, 0.2) is 0 Å². The predicted molar refractivity (Wildman–Crippen MR) is 258 cm³/mol. The Hall–Kier alpha value is -6.51. The lowest BCUT2D eigenvalue weighted by Gasteiger charge is -2.61. The second kappa shape index (κ2) is 13.7. The second-order valence-electron chi connectivity index (χ2n) is 19.8. The molecule has 14 rings (SSSR count). The van der Waals surface area contributed by atoms with Gasteiger partial charge in [-0.2, -0.15) is 0 Å². The van der Waals surface area contributed by atoms with Crippen LogP contribution < -0.4 is 4.90 Å².